The highest BCUT2D eigenvalue weighted by atomic mass is 16.7. The normalized spacial score (nSPS) is 12.4. The molecular weight excluding hydrogens is 336 g/mol. The van der Waals surface area contributed by atoms with Crippen molar-refractivity contribution >= 4 is 18.0 Å². The number of esters is 1. The fourth-order valence-corrected chi connectivity index (χ4v) is 1.60. The first kappa shape index (κ1) is 20.3. The molecule has 1 rings (SSSR count). The van der Waals surface area contributed by atoms with E-state index in [2.05, 4.69) is 15.0 Å². The zero-order chi connectivity index (χ0) is 19.2. The third-order valence-corrected chi connectivity index (χ3v) is 2.70. The van der Waals surface area contributed by atoms with Crippen LogP contribution in [0.1, 0.15) is 45.2 Å². The van der Waals surface area contributed by atoms with Crippen molar-refractivity contribution in [1.82, 2.24) is 10.5 Å². The summed E-state index contributed by atoms with van der Waals surface area (Å²) < 4.78 is 19.5. The second kappa shape index (κ2) is 8.36. The Morgan fingerprint density at radius 2 is 1.96 bits per heavy atom. The minimum Gasteiger partial charge on any atom is -0.475 e. The van der Waals surface area contributed by atoms with Gasteiger partial charge in [0.25, 0.3) is 5.88 Å². The molecule has 1 amide bonds. The number of aromatic nitrogens is 1. The van der Waals surface area contributed by atoms with Crippen LogP contribution in [0.15, 0.2) is 10.6 Å². The van der Waals surface area contributed by atoms with Crippen LogP contribution in [0, 0.1) is 5.92 Å². The lowest BCUT2D eigenvalue weighted by molar-refractivity contribution is -0.154. The summed E-state index contributed by atoms with van der Waals surface area (Å²) in [4.78, 5) is 34.5. The van der Waals surface area contributed by atoms with Gasteiger partial charge in [0.1, 0.15) is 11.6 Å². The van der Waals surface area contributed by atoms with Crippen LogP contribution in [0.2, 0.25) is 0 Å². The number of ether oxygens (including phenoxy) is 3. The molecule has 1 aromatic heterocycles. The Labute approximate surface area is 144 Å². The lowest BCUT2D eigenvalue weighted by atomic mass is 10.1. The summed E-state index contributed by atoms with van der Waals surface area (Å²) in [5.41, 5.74) is -0.701. The second-order valence-electron chi connectivity index (χ2n) is 6.43. The smallest absolute Gasteiger partial charge is 0.408 e. The summed E-state index contributed by atoms with van der Waals surface area (Å²) >= 11 is 0. The molecule has 1 atom stereocenters. The van der Waals surface area contributed by atoms with Crippen molar-refractivity contribution in [1.29, 1.82) is 0 Å². The molecule has 0 aliphatic carbocycles. The van der Waals surface area contributed by atoms with Gasteiger partial charge in [0.2, 0.25) is 12.6 Å². The SMILES string of the molecule is CC(C)C(NC(=O)OC(C)(C)C)C(=O)OCOc1cc(C(=O)O)on1. The van der Waals surface area contributed by atoms with E-state index in [0.717, 1.165) is 6.07 Å². The molecular formula is C15H22N2O8. The molecule has 10 nitrogen and oxygen atoms in total. The van der Waals surface area contributed by atoms with Crippen molar-refractivity contribution in [2.45, 2.75) is 46.3 Å². The van der Waals surface area contributed by atoms with Crippen molar-refractivity contribution in [3.05, 3.63) is 11.8 Å². The van der Waals surface area contributed by atoms with Gasteiger partial charge in [-0.2, -0.15) is 0 Å². The predicted octanol–water partition coefficient (Wildman–Crippen LogP) is 1.80. The van der Waals surface area contributed by atoms with Crippen molar-refractivity contribution in [3.63, 3.8) is 0 Å². The Kier molecular flexibility index (Phi) is 6.77. The molecule has 0 aliphatic heterocycles. The fraction of sp³-hybridized carbons (Fsp3) is 0.600. The van der Waals surface area contributed by atoms with E-state index in [-0.39, 0.29) is 11.8 Å². The van der Waals surface area contributed by atoms with E-state index in [9.17, 15) is 14.4 Å². The van der Waals surface area contributed by atoms with Crippen molar-refractivity contribution in [3.8, 4) is 5.88 Å². The lowest BCUT2D eigenvalue weighted by Crippen LogP contribution is -2.47. The van der Waals surface area contributed by atoms with Gasteiger partial charge in [0, 0.05) is 0 Å². The highest BCUT2D eigenvalue weighted by Crippen LogP contribution is 2.12. The number of hydrogen-bond acceptors (Lipinski definition) is 8. The maximum absolute atomic E-state index is 12.1. The Morgan fingerprint density at radius 3 is 2.44 bits per heavy atom. The largest absolute Gasteiger partial charge is 0.475 e. The Bertz CT molecular complexity index is 617. The average molecular weight is 358 g/mol. The maximum Gasteiger partial charge on any atom is 0.408 e. The summed E-state index contributed by atoms with van der Waals surface area (Å²) in [5, 5.41) is 14.5. The Balaban J connectivity index is 2.53. The summed E-state index contributed by atoms with van der Waals surface area (Å²) in [5.74, 6) is -2.85. The highest BCUT2D eigenvalue weighted by molar-refractivity contribution is 5.84. The van der Waals surface area contributed by atoms with Crippen LogP contribution in [0.5, 0.6) is 5.88 Å². The van der Waals surface area contributed by atoms with Crippen LogP contribution < -0.4 is 10.1 Å². The number of carboxylic acid groups (broad SMARTS) is 1. The number of hydrogen-bond donors (Lipinski definition) is 2. The van der Waals surface area contributed by atoms with Gasteiger partial charge in [-0.05, 0) is 31.8 Å². The predicted molar refractivity (Wildman–Crippen MR) is 83.0 cm³/mol. The van der Waals surface area contributed by atoms with Gasteiger partial charge in [-0.25, -0.2) is 14.4 Å². The van der Waals surface area contributed by atoms with Gasteiger partial charge in [-0.1, -0.05) is 13.8 Å². The molecule has 25 heavy (non-hydrogen) atoms. The van der Waals surface area contributed by atoms with Crippen LogP contribution in [-0.2, 0) is 14.3 Å². The Morgan fingerprint density at radius 1 is 1.32 bits per heavy atom. The molecule has 2 N–H and O–H groups in total. The molecule has 10 heteroatoms. The monoisotopic (exact) mass is 358 g/mol. The zero-order valence-electron chi connectivity index (χ0n) is 14.7. The lowest BCUT2D eigenvalue weighted by Gasteiger charge is -2.24. The van der Waals surface area contributed by atoms with Gasteiger partial charge in [0.05, 0.1) is 6.07 Å². The van der Waals surface area contributed by atoms with Crippen molar-refractivity contribution in [2.24, 2.45) is 5.92 Å². The molecule has 1 heterocycles. The standard InChI is InChI=1S/C15H22N2O8/c1-8(2)11(16-14(21)24-15(3,4)5)13(20)23-7-22-10-6-9(12(18)19)25-17-10/h6,8,11H,7H2,1-5H3,(H,16,21)(H,18,19). The second-order valence-corrected chi connectivity index (χ2v) is 6.43. The van der Waals surface area contributed by atoms with Crippen LogP contribution in [0.25, 0.3) is 0 Å². The van der Waals surface area contributed by atoms with E-state index in [1.807, 2.05) is 0 Å². The third-order valence-electron chi connectivity index (χ3n) is 2.70. The van der Waals surface area contributed by atoms with Gasteiger partial charge in [-0.3, -0.25) is 0 Å². The van der Waals surface area contributed by atoms with Gasteiger partial charge in [-0.15, -0.1) is 0 Å². The minimum atomic E-state index is -1.30. The number of carboxylic acids is 1. The van der Waals surface area contributed by atoms with Crippen LogP contribution >= 0.6 is 0 Å². The van der Waals surface area contributed by atoms with Gasteiger partial charge >= 0.3 is 18.0 Å². The average Bonchev–Trinajstić information content (AvgIpc) is 2.91. The van der Waals surface area contributed by atoms with E-state index < -0.39 is 42.2 Å². The zero-order valence-corrected chi connectivity index (χ0v) is 14.7. The van der Waals surface area contributed by atoms with Crippen LogP contribution in [-0.4, -0.2) is 46.7 Å². The van der Waals surface area contributed by atoms with Crippen molar-refractivity contribution in [2.75, 3.05) is 6.79 Å². The first-order valence-corrected chi connectivity index (χ1v) is 7.48. The van der Waals surface area contributed by atoms with E-state index in [0.29, 0.717) is 0 Å². The summed E-state index contributed by atoms with van der Waals surface area (Å²) in [6, 6.07) is 0.0973. The fourth-order valence-electron chi connectivity index (χ4n) is 1.60. The number of nitrogens with one attached hydrogen (secondary N) is 1. The first-order chi connectivity index (χ1) is 11.5. The maximum atomic E-state index is 12.1. The van der Waals surface area contributed by atoms with Gasteiger partial charge in [0.15, 0.2) is 0 Å². The molecule has 0 radical (unpaired) electrons. The van der Waals surface area contributed by atoms with E-state index in [1.54, 1.807) is 34.6 Å². The molecule has 1 aromatic rings. The summed E-state index contributed by atoms with van der Waals surface area (Å²) in [6.07, 6.45) is -0.744. The molecule has 0 saturated heterocycles. The number of rotatable bonds is 7. The number of carbonyl (C=O) groups is 3. The Hall–Kier alpha value is -2.78. The van der Waals surface area contributed by atoms with E-state index in [4.69, 9.17) is 19.3 Å². The highest BCUT2D eigenvalue weighted by Gasteiger charge is 2.28. The number of amides is 1. The molecule has 1 unspecified atom stereocenters. The molecule has 0 aromatic carbocycles. The molecule has 0 spiro atoms. The molecule has 0 aliphatic rings. The molecule has 0 saturated carbocycles. The summed E-state index contributed by atoms with van der Waals surface area (Å²) in [7, 11) is 0. The molecule has 0 bridgehead atoms. The topological polar surface area (TPSA) is 137 Å². The van der Waals surface area contributed by atoms with Crippen molar-refractivity contribution < 1.29 is 38.2 Å². The number of aromatic carboxylic acids is 1. The number of nitrogens with zero attached hydrogens (tertiary/aromatic N) is 1. The molecule has 140 valence electrons. The van der Waals surface area contributed by atoms with E-state index >= 15 is 0 Å². The summed E-state index contributed by atoms with van der Waals surface area (Å²) in [6.45, 7) is 8.02. The third kappa shape index (κ3) is 7.10. The van der Waals surface area contributed by atoms with Gasteiger partial charge < -0.3 is 29.2 Å². The number of alkyl carbamates (subject to hydrolysis) is 1. The van der Waals surface area contributed by atoms with Crippen LogP contribution in [0.3, 0.4) is 0 Å². The number of carbonyl (C=O) groups excluding carboxylic acids is 2. The quantitative estimate of drug-likeness (QED) is 0.552. The van der Waals surface area contributed by atoms with Crippen LogP contribution in [0.4, 0.5) is 4.79 Å². The van der Waals surface area contributed by atoms with E-state index in [1.165, 1.54) is 0 Å². The molecule has 0 fully saturated rings. The minimum absolute atomic E-state index is 0.147. The first-order valence-electron chi connectivity index (χ1n) is 7.48.